The van der Waals surface area contributed by atoms with E-state index in [2.05, 4.69) is 13.2 Å². The summed E-state index contributed by atoms with van der Waals surface area (Å²) in [4.78, 5) is 12.2. The van der Waals surface area contributed by atoms with Gasteiger partial charge in [-0.2, -0.15) is 0 Å². The van der Waals surface area contributed by atoms with Crippen molar-refractivity contribution in [1.82, 2.24) is 0 Å². The second kappa shape index (κ2) is 8.53. The summed E-state index contributed by atoms with van der Waals surface area (Å²) in [5, 5.41) is 0.506. The van der Waals surface area contributed by atoms with Gasteiger partial charge in [-0.1, -0.05) is 23.8 Å². The highest BCUT2D eigenvalue weighted by atomic mass is 35.5. The normalized spacial score (nSPS) is 13.1. The van der Waals surface area contributed by atoms with Crippen molar-refractivity contribution in [2.75, 3.05) is 0 Å². The first-order valence-electron chi connectivity index (χ1n) is 6.86. The Kier molecular flexibility index (Phi) is 7.03. The number of carbonyl (C=O) groups is 1. The summed E-state index contributed by atoms with van der Waals surface area (Å²) >= 11 is 5.97. The molecule has 2 atom stereocenters. The predicted molar refractivity (Wildman–Crippen MR) is 86.0 cm³/mol. The minimum Gasteiger partial charge on any atom is -0.489 e. The molecule has 0 bridgehead atoms. The van der Waals surface area contributed by atoms with Crippen molar-refractivity contribution < 1.29 is 14.3 Å². The van der Waals surface area contributed by atoms with Crippen LogP contribution in [-0.4, -0.2) is 18.2 Å². The summed E-state index contributed by atoms with van der Waals surface area (Å²) in [6.45, 7) is 11.0. The summed E-state index contributed by atoms with van der Waals surface area (Å²) in [6, 6.07) is 4.87. The van der Waals surface area contributed by atoms with Crippen molar-refractivity contribution in [2.24, 2.45) is 0 Å². The van der Waals surface area contributed by atoms with Gasteiger partial charge in [0.15, 0.2) is 0 Å². The fraction of sp³-hybridized carbons (Fsp3) is 0.353. The number of ether oxygens (including phenoxy) is 2. The van der Waals surface area contributed by atoms with Crippen LogP contribution in [0.15, 0.2) is 43.5 Å². The van der Waals surface area contributed by atoms with E-state index in [0.29, 0.717) is 29.2 Å². The van der Waals surface area contributed by atoms with Gasteiger partial charge < -0.3 is 9.47 Å². The maximum absolute atomic E-state index is 12.2. The second-order valence-corrected chi connectivity index (χ2v) is 5.27. The van der Waals surface area contributed by atoms with Crippen LogP contribution in [-0.2, 0) is 4.74 Å². The van der Waals surface area contributed by atoms with E-state index in [4.69, 9.17) is 21.1 Å². The quantitative estimate of drug-likeness (QED) is 0.511. The molecule has 4 heteroatoms. The predicted octanol–water partition coefficient (Wildman–Crippen LogP) is 4.80. The third kappa shape index (κ3) is 5.64. The van der Waals surface area contributed by atoms with Gasteiger partial charge in [0.2, 0.25) is 0 Å². The van der Waals surface area contributed by atoms with Gasteiger partial charge in [0.05, 0.1) is 6.10 Å². The molecule has 0 spiro atoms. The van der Waals surface area contributed by atoms with Crippen LogP contribution in [0, 0.1) is 0 Å². The van der Waals surface area contributed by atoms with E-state index in [9.17, 15) is 4.79 Å². The lowest BCUT2D eigenvalue weighted by Crippen LogP contribution is -2.17. The van der Waals surface area contributed by atoms with E-state index < -0.39 is 5.97 Å². The molecule has 0 radical (unpaired) electrons. The highest BCUT2D eigenvalue weighted by Crippen LogP contribution is 2.26. The summed E-state index contributed by atoms with van der Waals surface area (Å²) in [5.41, 5.74) is 0.367. The van der Waals surface area contributed by atoms with Crippen LogP contribution in [0.2, 0.25) is 5.02 Å². The van der Waals surface area contributed by atoms with Crippen molar-refractivity contribution in [2.45, 2.75) is 38.9 Å². The first kappa shape index (κ1) is 17.3. The molecule has 0 fully saturated rings. The van der Waals surface area contributed by atoms with Crippen LogP contribution in [0.1, 0.15) is 37.0 Å². The summed E-state index contributed by atoms with van der Waals surface area (Å²) in [6.07, 6.45) is 4.42. The van der Waals surface area contributed by atoms with Crippen molar-refractivity contribution in [1.29, 1.82) is 0 Å². The third-order valence-electron chi connectivity index (χ3n) is 2.80. The van der Waals surface area contributed by atoms with Crippen molar-refractivity contribution in [3.05, 3.63) is 54.1 Å². The summed E-state index contributed by atoms with van der Waals surface area (Å²) in [7, 11) is 0. The van der Waals surface area contributed by atoms with E-state index in [0.717, 1.165) is 0 Å². The molecule has 0 aliphatic carbocycles. The number of hydrogen-bond acceptors (Lipinski definition) is 3. The standard InChI is InChI=1S/C17H21ClO3/c1-5-7-12(3)20-16-11-14(18)9-10-15(16)17(19)21-13(4)8-6-2/h5-6,9-13H,1-2,7-8H2,3-4H3. The van der Waals surface area contributed by atoms with E-state index in [1.54, 1.807) is 30.4 Å². The number of esters is 1. The fourth-order valence-corrected chi connectivity index (χ4v) is 1.95. The zero-order valence-electron chi connectivity index (χ0n) is 12.5. The molecule has 1 rings (SSSR count). The molecule has 0 amide bonds. The highest BCUT2D eigenvalue weighted by Gasteiger charge is 2.18. The molecule has 21 heavy (non-hydrogen) atoms. The molecule has 0 saturated heterocycles. The largest absolute Gasteiger partial charge is 0.489 e. The molecule has 0 aromatic heterocycles. The Morgan fingerprint density at radius 2 is 1.86 bits per heavy atom. The van der Waals surface area contributed by atoms with Gasteiger partial charge in [0, 0.05) is 17.9 Å². The van der Waals surface area contributed by atoms with E-state index >= 15 is 0 Å². The van der Waals surface area contributed by atoms with Crippen molar-refractivity contribution in [3.63, 3.8) is 0 Å². The molecule has 1 aromatic rings. The average Bonchev–Trinajstić information content (AvgIpc) is 2.38. The van der Waals surface area contributed by atoms with Gasteiger partial charge in [-0.05, 0) is 32.0 Å². The third-order valence-corrected chi connectivity index (χ3v) is 3.03. The molecule has 0 aliphatic heterocycles. The lowest BCUT2D eigenvalue weighted by atomic mass is 10.2. The average molecular weight is 309 g/mol. The molecule has 3 nitrogen and oxygen atoms in total. The minimum atomic E-state index is -0.429. The Labute approximate surface area is 131 Å². The summed E-state index contributed by atoms with van der Waals surface area (Å²) in [5.74, 6) is -0.00512. The highest BCUT2D eigenvalue weighted by molar-refractivity contribution is 6.30. The van der Waals surface area contributed by atoms with Gasteiger partial charge in [-0.15, -0.1) is 13.2 Å². The number of rotatable bonds is 8. The Hall–Kier alpha value is -1.74. The molecule has 114 valence electrons. The van der Waals surface area contributed by atoms with Crippen LogP contribution >= 0.6 is 11.6 Å². The van der Waals surface area contributed by atoms with Crippen LogP contribution in [0.25, 0.3) is 0 Å². The number of benzene rings is 1. The van der Waals surface area contributed by atoms with Crippen molar-refractivity contribution >= 4 is 17.6 Å². The minimum absolute atomic E-state index is 0.0990. The van der Waals surface area contributed by atoms with Gasteiger partial charge >= 0.3 is 5.97 Å². The Balaban J connectivity index is 2.92. The topological polar surface area (TPSA) is 35.5 Å². The Morgan fingerprint density at radius 1 is 1.24 bits per heavy atom. The van der Waals surface area contributed by atoms with E-state index in [1.807, 2.05) is 13.8 Å². The van der Waals surface area contributed by atoms with Gasteiger partial charge in [0.25, 0.3) is 0 Å². The van der Waals surface area contributed by atoms with Gasteiger partial charge in [-0.3, -0.25) is 0 Å². The molecule has 0 saturated carbocycles. The van der Waals surface area contributed by atoms with Gasteiger partial charge in [0.1, 0.15) is 17.4 Å². The van der Waals surface area contributed by atoms with Crippen molar-refractivity contribution in [3.8, 4) is 5.75 Å². The number of hydrogen-bond donors (Lipinski definition) is 0. The maximum Gasteiger partial charge on any atom is 0.342 e. The summed E-state index contributed by atoms with van der Waals surface area (Å²) < 4.78 is 11.1. The lowest BCUT2D eigenvalue weighted by Gasteiger charge is -2.17. The maximum atomic E-state index is 12.2. The van der Waals surface area contributed by atoms with Crippen LogP contribution in [0.4, 0.5) is 0 Å². The molecule has 0 aliphatic rings. The monoisotopic (exact) mass is 308 g/mol. The van der Waals surface area contributed by atoms with E-state index in [-0.39, 0.29) is 12.2 Å². The second-order valence-electron chi connectivity index (χ2n) is 4.83. The molecule has 2 unspecified atom stereocenters. The fourth-order valence-electron chi connectivity index (χ4n) is 1.79. The molecular weight excluding hydrogens is 288 g/mol. The molecule has 1 aromatic carbocycles. The van der Waals surface area contributed by atoms with E-state index in [1.165, 1.54) is 0 Å². The first-order valence-corrected chi connectivity index (χ1v) is 7.24. The van der Waals surface area contributed by atoms with Gasteiger partial charge in [-0.25, -0.2) is 4.79 Å². The SMILES string of the molecule is C=CCC(C)OC(=O)c1ccc(Cl)cc1OC(C)CC=C. The van der Waals surface area contributed by atoms with Crippen LogP contribution < -0.4 is 4.74 Å². The number of halogens is 1. The smallest absolute Gasteiger partial charge is 0.342 e. The number of carbonyl (C=O) groups excluding carboxylic acids is 1. The molecule has 0 N–H and O–H groups in total. The first-order chi connectivity index (χ1) is 9.97. The van der Waals surface area contributed by atoms with Crippen LogP contribution in [0.5, 0.6) is 5.75 Å². The Bertz CT molecular complexity index is 511. The lowest BCUT2D eigenvalue weighted by molar-refractivity contribution is 0.0342. The van der Waals surface area contributed by atoms with Crippen LogP contribution in [0.3, 0.4) is 0 Å². The Morgan fingerprint density at radius 3 is 2.48 bits per heavy atom. The zero-order valence-corrected chi connectivity index (χ0v) is 13.2. The molecular formula is C17H21ClO3. The zero-order chi connectivity index (χ0) is 15.8. The molecule has 0 heterocycles.